The Hall–Kier alpha value is 0.782. The van der Waals surface area contributed by atoms with E-state index in [1.54, 1.807) is 0 Å². The summed E-state index contributed by atoms with van der Waals surface area (Å²) in [6.45, 7) is 3.94. The second-order valence-electron chi connectivity index (χ2n) is 1.27. The van der Waals surface area contributed by atoms with Crippen molar-refractivity contribution in [3.05, 3.63) is 0 Å². The molecular formula is C3H7AlClO+. The fourth-order valence-corrected chi connectivity index (χ4v) is 0.926. The number of rotatable bonds is 2. The Kier molecular flexibility index (Phi) is 4.47. The first-order valence-electron chi connectivity index (χ1n) is 1.84. The molecule has 0 heterocycles. The van der Waals surface area contributed by atoms with Crippen molar-refractivity contribution in [3.63, 3.8) is 0 Å². The fraction of sp³-hybridized carbons (Fsp3) is 1.00. The van der Waals surface area contributed by atoms with Crippen molar-refractivity contribution < 1.29 is 3.79 Å². The van der Waals surface area contributed by atoms with Crippen LogP contribution in [-0.4, -0.2) is 20.7 Å². The summed E-state index contributed by atoms with van der Waals surface area (Å²) in [5, 5.41) is 0. The molecule has 0 rings (SSSR count). The van der Waals surface area contributed by atoms with Crippen LogP contribution in [0, 0.1) is 0 Å². The third kappa shape index (κ3) is 4.78. The van der Waals surface area contributed by atoms with E-state index in [1.165, 1.54) is 0 Å². The van der Waals surface area contributed by atoms with Crippen LogP contribution in [-0.2, 0) is 3.79 Å². The number of hydrogen-bond donors (Lipinski definition) is 0. The summed E-state index contributed by atoms with van der Waals surface area (Å²) in [5.74, 6) is 0. The van der Waals surface area contributed by atoms with Crippen LogP contribution in [0.1, 0.15) is 13.8 Å². The van der Waals surface area contributed by atoms with E-state index in [0.717, 1.165) is 0 Å². The minimum absolute atomic E-state index is 0.275. The zero-order valence-electron chi connectivity index (χ0n) is 3.94. The average molecular weight is 122 g/mol. The van der Waals surface area contributed by atoms with E-state index in [-0.39, 0.29) is 14.6 Å². The van der Waals surface area contributed by atoms with Crippen molar-refractivity contribution in [2.45, 2.75) is 20.0 Å². The van der Waals surface area contributed by atoms with E-state index in [2.05, 4.69) is 0 Å². The molecule has 0 N–H and O–H groups in total. The van der Waals surface area contributed by atoms with Crippen molar-refractivity contribution in [1.29, 1.82) is 0 Å². The van der Waals surface area contributed by atoms with Crippen LogP contribution in [0.25, 0.3) is 0 Å². The summed E-state index contributed by atoms with van der Waals surface area (Å²) in [5.41, 5.74) is 0. The Morgan fingerprint density at radius 2 is 2.17 bits per heavy atom. The van der Waals surface area contributed by atoms with Crippen molar-refractivity contribution in [1.82, 2.24) is 0 Å². The second-order valence-corrected chi connectivity index (χ2v) is 2.26. The predicted molar refractivity (Wildman–Crippen MR) is 27.8 cm³/mol. The van der Waals surface area contributed by atoms with Gasteiger partial charge in [-0.2, -0.15) is 0 Å². The van der Waals surface area contributed by atoms with E-state index < -0.39 is 0 Å². The SMILES string of the molecule is CC(C)[O][Al+][Cl]. The van der Waals surface area contributed by atoms with Crippen LogP contribution in [0.15, 0.2) is 0 Å². The molecule has 0 bridgehead atoms. The molecule has 0 aromatic rings. The van der Waals surface area contributed by atoms with Gasteiger partial charge >= 0.3 is 48.4 Å². The van der Waals surface area contributed by atoms with Gasteiger partial charge < -0.3 is 0 Å². The van der Waals surface area contributed by atoms with Crippen LogP contribution in [0.4, 0.5) is 0 Å². The maximum atomic E-state index is 5.26. The Labute approximate surface area is 48.9 Å². The Morgan fingerprint density at radius 3 is 2.17 bits per heavy atom. The molecule has 0 aromatic heterocycles. The third-order valence-corrected chi connectivity index (χ3v) is 1.28. The summed E-state index contributed by atoms with van der Waals surface area (Å²) < 4.78 is 4.89. The van der Waals surface area contributed by atoms with Crippen LogP contribution < -0.4 is 0 Å². The Balaban J connectivity index is 2.63. The first kappa shape index (κ1) is 6.78. The molecule has 0 aliphatic carbocycles. The van der Waals surface area contributed by atoms with Gasteiger partial charge in [-0.15, -0.1) is 0 Å². The molecule has 0 radical (unpaired) electrons. The van der Waals surface area contributed by atoms with Gasteiger partial charge in [0.2, 0.25) is 0 Å². The van der Waals surface area contributed by atoms with Crippen LogP contribution in [0.3, 0.4) is 0 Å². The van der Waals surface area contributed by atoms with Crippen LogP contribution in [0.2, 0.25) is 0 Å². The molecule has 0 aliphatic rings. The van der Waals surface area contributed by atoms with Crippen molar-refractivity contribution in [2.24, 2.45) is 0 Å². The van der Waals surface area contributed by atoms with Crippen LogP contribution >= 0.6 is 10.0 Å². The van der Waals surface area contributed by atoms with Crippen molar-refractivity contribution in [3.8, 4) is 0 Å². The third-order valence-electron chi connectivity index (χ3n) is 0.324. The summed E-state index contributed by atoms with van der Waals surface area (Å²) in [7, 11) is 5.26. The predicted octanol–water partition coefficient (Wildman–Crippen LogP) is 1.18. The number of halogens is 1. The molecule has 0 amide bonds. The molecule has 0 atom stereocenters. The van der Waals surface area contributed by atoms with Gasteiger partial charge in [0.05, 0.1) is 0 Å². The molecule has 1 nitrogen and oxygen atoms in total. The zero-order valence-corrected chi connectivity index (χ0v) is 5.85. The molecule has 0 saturated carbocycles. The molecule has 0 unspecified atom stereocenters. The quantitative estimate of drug-likeness (QED) is 0.499. The summed E-state index contributed by atoms with van der Waals surface area (Å²) in [4.78, 5) is 0. The maximum absolute atomic E-state index is 5.26. The van der Waals surface area contributed by atoms with E-state index in [1.807, 2.05) is 13.8 Å². The molecule has 0 aliphatic heterocycles. The average Bonchev–Trinajstić information content (AvgIpc) is 1.35. The van der Waals surface area contributed by atoms with Crippen LogP contribution in [0.5, 0.6) is 0 Å². The minimum atomic E-state index is -0.275. The zero-order chi connectivity index (χ0) is 4.99. The Bertz CT molecular complexity index is 32.0. The van der Waals surface area contributed by atoms with Gasteiger partial charge in [-0.25, -0.2) is 0 Å². The molecule has 0 saturated heterocycles. The van der Waals surface area contributed by atoms with Gasteiger partial charge in [0.1, 0.15) is 0 Å². The first-order chi connectivity index (χ1) is 2.77. The van der Waals surface area contributed by atoms with Gasteiger partial charge in [0.15, 0.2) is 0 Å². The summed E-state index contributed by atoms with van der Waals surface area (Å²) in [6, 6.07) is 0. The molecule has 6 heavy (non-hydrogen) atoms. The van der Waals surface area contributed by atoms with Gasteiger partial charge in [-0.1, -0.05) is 0 Å². The first-order valence-corrected chi connectivity index (χ1v) is 4.06. The monoisotopic (exact) mass is 121 g/mol. The van der Waals surface area contributed by atoms with E-state index in [9.17, 15) is 0 Å². The second kappa shape index (κ2) is 3.96. The summed E-state index contributed by atoms with van der Waals surface area (Å²) in [6.07, 6.45) is 0.303. The summed E-state index contributed by atoms with van der Waals surface area (Å²) >= 11 is -0.275. The standard InChI is InChI=1S/C3H7O.Al.ClH/c1-3(2)4;;/h3H,1-2H3;;1H/q-1;+3;/p-1. The molecule has 0 aromatic carbocycles. The molecule has 34 valence electrons. The number of hydrogen-bond acceptors (Lipinski definition) is 1. The Morgan fingerprint density at radius 1 is 1.67 bits per heavy atom. The fourth-order valence-electron chi connectivity index (χ4n) is 0.103. The topological polar surface area (TPSA) is 9.23 Å². The van der Waals surface area contributed by atoms with E-state index in [4.69, 9.17) is 13.8 Å². The molecule has 3 heteroatoms. The normalized spacial score (nSPS) is 8.67. The van der Waals surface area contributed by atoms with Gasteiger partial charge in [-0.05, 0) is 0 Å². The van der Waals surface area contributed by atoms with Crippen molar-refractivity contribution in [2.75, 3.05) is 0 Å². The molecule has 0 fully saturated rings. The van der Waals surface area contributed by atoms with E-state index in [0.29, 0.717) is 6.10 Å². The van der Waals surface area contributed by atoms with Gasteiger partial charge in [0.25, 0.3) is 0 Å². The molecule has 0 spiro atoms. The van der Waals surface area contributed by atoms with Gasteiger partial charge in [-0.3, -0.25) is 0 Å². The molecular weight excluding hydrogens is 114 g/mol. The van der Waals surface area contributed by atoms with E-state index >= 15 is 0 Å². The van der Waals surface area contributed by atoms with Crippen molar-refractivity contribution >= 4 is 24.7 Å². The van der Waals surface area contributed by atoms with Gasteiger partial charge in [0, 0.05) is 0 Å².